The first-order chi connectivity index (χ1) is 9.81. The van der Waals surface area contributed by atoms with Gasteiger partial charge >= 0.3 is 0 Å². The summed E-state index contributed by atoms with van der Waals surface area (Å²) in [5, 5.41) is 6.99. The normalized spacial score (nSPS) is 34.3. The number of fused-ring (bicyclic) bond motifs is 2. The molecule has 3 fully saturated rings. The molecule has 0 aromatic heterocycles. The van der Waals surface area contributed by atoms with E-state index in [2.05, 4.69) is 15.6 Å². The maximum atomic E-state index is 5.95. The van der Waals surface area contributed by atoms with Crippen molar-refractivity contribution in [3.05, 3.63) is 0 Å². The molecule has 0 radical (unpaired) electrons. The molecule has 2 N–H and O–H groups in total. The molecule has 20 heavy (non-hydrogen) atoms. The van der Waals surface area contributed by atoms with Gasteiger partial charge in [-0.3, -0.25) is 4.99 Å². The number of aliphatic imine (C=N–C) groups is 1. The first kappa shape index (κ1) is 14.1. The van der Waals surface area contributed by atoms with Crippen LogP contribution in [0.3, 0.4) is 0 Å². The molecule has 1 spiro atoms. The largest absolute Gasteiger partial charge is 0.380 e. The van der Waals surface area contributed by atoms with Gasteiger partial charge in [0.25, 0.3) is 0 Å². The summed E-state index contributed by atoms with van der Waals surface area (Å²) in [6.45, 7) is 5.24. The molecule has 5 nitrogen and oxygen atoms in total. The minimum Gasteiger partial charge on any atom is -0.380 e. The smallest absolute Gasteiger partial charge is 0.191 e. The van der Waals surface area contributed by atoms with E-state index in [9.17, 15) is 0 Å². The Morgan fingerprint density at radius 2 is 2.30 bits per heavy atom. The lowest BCUT2D eigenvalue weighted by Crippen LogP contribution is -2.72. The zero-order valence-electron chi connectivity index (χ0n) is 12.7. The van der Waals surface area contributed by atoms with Crippen LogP contribution in [-0.2, 0) is 9.47 Å². The van der Waals surface area contributed by atoms with Gasteiger partial charge in [0.15, 0.2) is 5.96 Å². The van der Waals surface area contributed by atoms with E-state index in [1.54, 1.807) is 0 Å². The standard InChI is InChI=1S/C15H27N3O2/c1-3-19-10-8-17-14(16-2)18-12-11-5-9-20-13(11)15(12)6-4-7-15/h11-13H,3-10H2,1-2H3,(H2,16,17,18). The molecule has 3 aliphatic rings. The molecule has 3 atom stereocenters. The number of guanidine groups is 1. The van der Waals surface area contributed by atoms with Crippen LogP contribution in [-0.4, -0.2) is 51.5 Å². The van der Waals surface area contributed by atoms with Crippen molar-refractivity contribution in [1.82, 2.24) is 10.6 Å². The maximum Gasteiger partial charge on any atom is 0.191 e. The molecule has 5 heteroatoms. The van der Waals surface area contributed by atoms with Gasteiger partial charge in [-0.2, -0.15) is 0 Å². The van der Waals surface area contributed by atoms with Crippen molar-refractivity contribution in [2.45, 2.75) is 44.8 Å². The Hall–Kier alpha value is -0.810. The van der Waals surface area contributed by atoms with E-state index in [0.29, 0.717) is 23.5 Å². The highest BCUT2D eigenvalue weighted by atomic mass is 16.5. The Bertz CT molecular complexity index is 368. The van der Waals surface area contributed by atoms with Gasteiger partial charge in [0.2, 0.25) is 0 Å². The number of hydrogen-bond donors (Lipinski definition) is 2. The molecule has 1 heterocycles. The molecule has 114 valence electrons. The predicted molar refractivity (Wildman–Crippen MR) is 78.9 cm³/mol. The summed E-state index contributed by atoms with van der Waals surface area (Å²) in [7, 11) is 1.84. The van der Waals surface area contributed by atoms with Gasteiger partial charge in [-0.25, -0.2) is 0 Å². The summed E-state index contributed by atoms with van der Waals surface area (Å²) in [6.07, 6.45) is 5.67. The lowest BCUT2D eigenvalue weighted by Gasteiger charge is -2.63. The summed E-state index contributed by atoms with van der Waals surface area (Å²) in [4.78, 5) is 4.34. The van der Waals surface area contributed by atoms with Crippen molar-refractivity contribution >= 4 is 5.96 Å². The number of hydrogen-bond acceptors (Lipinski definition) is 3. The van der Waals surface area contributed by atoms with Gasteiger partial charge in [-0.15, -0.1) is 0 Å². The molecule has 2 saturated carbocycles. The monoisotopic (exact) mass is 281 g/mol. The average Bonchev–Trinajstić information content (AvgIpc) is 2.81. The Kier molecular flexibility index (Phi) is 4.17. The minimum atomic E-state index is 0.401. The number of ether oxygens (including phenoxy) is 2. The molecular formula is C15H27N3O2. The zero-order chi connectivity index (χ0) is 14.0. The van der Waals surface area contributed by atoms with Crippen molar-refractivity contribution in [2.24, 2.45) is 16.3 Å². The number of nitrogens with zero attached hydrogens (tertiary/aromatic N) is 1. The molecule has 0 aromatic rings. The van der Waals surface area contributed by atoms with Gasteiger partial charge in [0.1, 0.15) is 0 Å². The van der Waals surface area contributed by atoms with E-state index in [0.717, 1.165) is 32.3 Å². The van der Waals surface area contributed by atoms with Crippen LogP contribution in [0.5, 0.6) is 0 Å². The van der Waals surface area contributed by atoms with Gasteiger partial charge < -0.3 is 20.1 Å². The molecule has 3 rings (SSSR count). The van der Waals surface area contributed by atoms with Crippen LogP contribution < -0.4 is 10.6 Å². The van der Waals surface area contributed by atoms with Crippen LogP contribution in [0.15, 0.2) is 4.99 Å². The van der Waals surface area contributed by atoms with E-state index >= 15 is 0 Å². The second-order valence-electron chi connectivity index (χ2n) is 6.15. The van der Waals surface area contributed by atoms with Crippen molar-refractivity contribution in [3.8, 4) is 0 Å². The molecule has 0 amide bonds. The summed E-state index contributed by atoms with van der Waals surface area (Å²) >= 11 is 0. The highest BCUT2D eigenvalue weighted by Gasteiger charge is 2.66. The van der Waals surface area contributed by atoms with Crippen LogP contribution in [0.2, 0.25) is 0 Å². The second kappa shape index (κ2) is 5.90. The van der Waals surface area contributed by atoms with Gasteiger partial charge in [-0.1, -0.05) is 6.42 Å². The fourth-order valence-electron chi connectivity index (χ4n) is 4.18. The topological polar surface area (TPSA) is 54.9 Å². The van der Waals surface area contributed by atoms with Crippen molar-refractivity contribution in [3.63, 3.8) is 0 Å². The summed E-state index contributed by atoms with van der Waals surface area (Å²) in [5.74, 6) is 1.59. The quantitative estimate of drug-likeness (QED) is 0.451. The molecule has 0 bridgehead atoms. The third-order valence-corrected chi connectivity index (χ3v) is 5.29. The Labute approximate surface area is 121 Å². The van der Waals surface area contributed by atoms with E-state index < -0.39 is 0 Å². The van der Waals surface area contributed by atoms with E-state index in [-0.39, 0.29) is 0 Å². The molecule has 0 aromatic carbocycles. The Balaban J connectivity index is 1.53. The summed E-state index contributed by atoms with van der Waals surface area (Å²) in [5.41, 5.74) is 0.401. The van der Waals surface area contributed by atoms with Crippen LogP contribution >= 0.6 is 0 Å². The van der Waals surface area contributed by atoms with E-state index in [1.807, 2.05) is 14.0 Å². The minimum absolute atomic E-state index is 0.401. The predicted octanol–water partition coefficient (Wildman–Crippen LogP) is 1.15. The molecule has 3 unspecified atom stereocenters. The maximum absolute atomic E-state index is 5.95. The molecular weight excluding hydrogens is 254 g/mol. The van der Waals surface area contributed by atoms with Crippen LogP contribution in [0.1, 0.15) is 32.6 Å². The van der Waals surface area contributed by atoms with Crippen molar-refractivity contribution < 1.29 is 9.47 Å². The third-order valence-electron chi connectivity index (χ3n) is 5.29. The summed E-state index contributed by atoms with van der Waals surface area (Å²) in [6, 6.07) is 0.544. The first-order valence-corrected chi connectivity index (χ1v) is 7.98. The van der Waals surface area contributed by atoms with E-state index in [4.69, 9.17) is 9.47 Å². The van der Waals surface area contributed by atoms with Crippen LogP contribution in [0, 0.1) is 11.3 Å². The fourth-order valence-corrected chi connectivity index (χ4v) is 4.18. The molecule has 2 aliphatic carbocycles. The van der Waals surface area contributed by atoms with Crippen molar-refractivity contribution in [1.29, 1.82) is 0 Å². The lowest BCUT2D eigenvalue weighted by atomic mass is 9.46. The Morgan fingerprint density at radius 3 is 2.95 bits per heavy atom. The SMILES string of the molecule is CCOCCNC(=NC)NC1C2CCOC2C12CCC2. The lowest BCUT2D eigenvalue weighted by molar-refractivity contribution is -0.171. The van der Waals surface area contributed by atoms with E-state index in [1.165, 1.54) is 25.7 Å². The number of rotatable bonds is 5. The van der Waals surface area contributed by atoms with Gasteiger partial charge in [0.05, 0.1) is 12.7 Å². The molecule has 1 saturated heterocycles. The zero-order valence-corrected chi connectivity index (χ0v) is 12.7. The highest BCUT2D eigenvalue weighted by molar-refractivity contribution is 5.80. The average molecular weight is 281 g/mol. The second-order valence-corrected chi connectivity index (χ2v) is 6.15. The number of nitrogens with one attached hydrogen (secondary N) is 2. The highest BCUT2D eigenvalue weighted by Crippen LogP contribution is 2.62. The van der Waals surface area contributed by atoms with Crippen molar-refractivity contribution in [2.75, 3.05) is 33.4 Å². The summed E-state index contributed by atoms with van der Waals surface area (Å²) < 4.78 is 11.3. The fraction of sp³-hybridized carbons (Fsp3) is 0.933. The third kappa shape index (κ3) is 2.21. The Morgan fingerprint density at radius 1 is 1.45 bits per heavy atom. The van der Waals surface area contributed by atoms with Crippen LogP contribution in [0.4, 0.5) is 0 Å². The van der Waals surface area contributed by atoms with Gasteiger partial charge in [0, 0.05) is 44.2 Å². The van der Waals surface area contributed by atoms with Gasteiger partial charge in [-0.05, 0) is 26.2 Å². The van der Waals surface area contributed by atoms with Crippen LogP contribution in [0.25, 0.3) is 0 Å². The molecule has 1 aliphatic heterocycles. The first-order valence-electron chi connectivity index (χ1n) is 7.98.